The molecule has 0 bridgehead atoms. The van der Waals surface area contributed by atoms with Gasteiger partial charge in [0.05, 0.1) is 18.8 Å². The van der Waals surface area contributed by atoms with E-state index in [9.17, 15) is 15.0 Å². The molecule has 0 saturated heterocycles. The zero-order chi connectivity index (χ0) is 31.5. The lowest BCUT2D eigenvalue weighted by atomic mass is 10.0. The van der Waals surface area contributed by atoms with E-state index >= 15 is 0 Å². The maximum atomic E-state index is 12.2. The molecule has 3 N–H and O–H groups in total. The van der Waals surface area contributed by atoms with E-state index < -0.39 is 12.1 Å². The predicted octanol–water partition coefficient (Wildman–Crippen LogP) is 11.7. The SMILES string of the molecule is CCCCCCCCCCCCCCCCCCCCCCCCCCC(O)C(CO)NC(=O)CCCCCCCCC. The Morgan fingerprint density at radius 1 is 0.465 bits per heavy atom. The molecule has 0 aliphatic heterocycles. The van der Waals surface area contributed by atoms with Crippen LogP contribution in [-0.2, 0) is 4.79 Å². The van der Waals surface area contributed by atoms with Crippen molar-refractivity contribution in [3.8, 4) is 0 Å². The predicted molar refractivity (Wildman–Crippen MR) is 189 cm³/mol. The zero-order valence-corrected chi connectivity index (χ0v) is 29.5. The van der Waals surface area contributed by atoms with Gasteiger partial charge in [-0.25, -0.2) is 0 Å². The Bertz CT molecular complexity index is 541. The van der Waals surface area contributed by atoms with E-state index in [1.54, 1.807) is 0 Å². The van der Waals surface area contributed by atoms with Crippen molar-refractivity contribution in [2.45, 2.75) is 238 Å². The lowest BCUT2D eigenvalue weighted by Gasteiger charge is -2.22. The Hall–Kier alpha value is -0.610. The molecule has 0 rings (SSSR count). The highest BCUT2D eigenvalue weighted by Crippen LogP contribution is 2.16. The monoisotopic (exact) mass is 610 g/mol. The van der Waals surface area contributed by atoms with E-state index in [2.05, 4.69) is 19.2 Å². The quantitative estimate of drug-likeness (QED) is 0.0619. The van der Waals surface area contributed by atoms with Crippen molar-refractivity contribution in [3.63, 3.8) is 0 Å². The topological polar surface area (TPSA) is 69.6 Å². The van der Waals surface area contributed by atoms with E-state index in [0.717, 1.165) is 25.7 Å². The Labute approximate surface area is 270 Å². The van der Waals surface area contributed by atoms with Crippen LogP contribution >= 0.6 is 0 Å². The Balaban J connectivity index is 3.39. The average molecular weight is 610 g/mol. The van der Waals surface area contributed by atoms with E-state index in [1.807, 2.05) is 0 Å². The van der Waals surface area contributed by atoms with Crippen LogP contribution in [0.1, 0.15) is 226 Å². The fraction of sp³-hybridized carbons (Fsp3) is 0.974. The fourth-order valence-corrected chi connectivity index (χ4v) is 6.30. The lowest BCUT2D eigenvalue weighted by Crippen LogP contribution is -2.45. The maximum Gasteiger partial charge on any atom is 0.220 e. The van der Waals surface area contributed by atoms with Gasteiger partial charge in [-0.2, -0.15) is 0 Å². The molecule has 0 aliphatic rings. The summed E-state index contributed by atoms with van der Waals surface area (Å²) in [6, 6.07) is -0.526. The number of unbranched alkanes of at least 4 members (excludes halogenated alkanes) is 29. The summed E-state index contributed by atoms with van der Waals surface area (Å²) in [4.78, 5) is 12.2. The molecular formula is C39H79NO3. The molecule has 4 heteroatoms. The first-order valence-corrected chi connectivity index (χ1v) is 19.7. The molecule has 0 aromatic rings. The summed E-state index contributed by atoms with van der Waals surface area (Å²) in [5.41, 5.74) is 0. The molecule has 2 atom stereocenters. The molecule has 0 spiro atoms. The first-order valence-electron chi connectivity index (χ1n) is 19.7. The molecule has 258 valence electrons. The highest BCUT2D eigenvalue weighted by atomic mass is 16.3. The first kappa shape index (κ1) is 42.4. The van der Waals surface area contributed by atoms with Crippen LogP contribution in [-0.4, -0.2) is 34.9 Å². The number of hydrogen-bond donors (Lipinski definition) is 3. The molecular weight excluding hydrogens is 530 g/mol. The molecule has 0 radical (unpaired) electrons. The van der Waals surface area contributed by atoms with Gasteiger partial charge in [-0.3, -0.25) is 4.79 Å². The van der Waals surface area contributed by atoms with E-state index in [4.69, 9.17) is 0 Å². The third-order valence-electron chi connectivity index (χ3n) is 9.37. The van der Waals surface area contributed by atoms with Crippen molar-refractivity contribution >= 4 is 5.91 Å². The van der Waals surface area contributed by atoms with Crippen molar-refractivity contribution in [1.82, 2.24) is 5.32 Å². The van der Waals surface area contributed by atoms with Crippen LogP contribution in [0.3, 0.4) is 0 Å². The molecule has 2 unspecified atom stereocenters. The molecule has 0 aromatic carbocycles. The van der Waals surface area contributed by atoms with Gasteiger partial charge in [0.15, 0.2) is 0 Å². The number of amides is 1. The summed E-state index contributed by atoms with van der Waals surface area (Å²) in [5.74, 6) is -0.0359. The highest BCUT2D eigenvalue weighted by molar-refractivity contribution is 5.76. The van der Waals surface area contributed by atoms with Crippen molar-refractivity contribution < 1.29 is 15.0 Å². The molecule has 43 heavy (non-hydrogen) atoms. The van der Waals surface area contributed by atoms with E-state index in [-0.39, 0.29) is 12.5 Å². The largest absolute Gasteiger partial charge is 0.394 e. The standard InChI is InChI=1S/C39H79NO3/c1-3-5-7-9-11-12-13-14-15-16-17-18-19-20-21-22-23-24-25-26-27-29-30-32-34-38(42)37(36-41)40-39(43)35-33-31-28-10-8-6-4-2/h37-38,41-42H,3-36H2,1-2H3,(H,40,43). The Kier molecular flexibility index (Phi) is 35.4. The summed E-state index contributed by atoms with van der Waals surface area (Å²) in [5, 5.41) is 23.0. The Morgan fingerprint density at radius 2 is 0.744 bits per heavy atom. The zero-order valence-electron chi connectivity index (χ0n) is 29.5. The molecule has 4 nitrogen and oxygen atoms in total. The van der Waals surface area contributed by atoms with Crippen molar-refractivity contribution in [3.05, 3.63) is 0 Å². The van der Waals surface area contributed by atoms with Crippen LogP contribution in [0.15, 0.2) is 0 Å². The first-order chi connectivity index (χ1) is 21.2. The summed E-state index contributed by atoms with van der Waals surface area (Å²) in [6.45, 7) is 4.33. The van der Waals surface area contributed by atoms with Crippen LogP contribution < -0.4 is 5.32 Å². The summed E-state index contributed by atoms with van der Waals surface area (Å²) in [6.07, 6.45) is 41.9. The van der Waals surface area contributed by atoms with Gasteiger partial charge in [-0.1, -0.05) is 206 Å². The molecule has 0 fully saturated rings. The van der Waals surface area contributed by atoms with Gasteiger partial charge in [0.25, 0.3) is 0 Å². The van der Waals surface area contributed by atoms with Crippen LogP contribution in [0.25, 0.3) is 0 Å². The van der Waals surface area contributed by atoms with Crippen LogP contribution in [0.5, 0.6) is 0 Å². The Morgan fingerprint density at radius 3 is 1.05 bits per heavy atom. The summed E-state index contributed by atoms with van der Waals surface area (Å²) in [7, 11) is 0. The molecule has 0 aliphatic carbocycles. The van der Waals surface area contributed by atoms with Gasteiger partial charge in [0.1, 0.15) is 0 Å². The minimum atomic E-state index is -0.650. The number of hydrogen-bond acceptors (Lipinski definition) is 3. The van der Waals surface area contributed by atoms with E-state index in [0.29, 0.717) is 12.8 Å². The maximum absolute atomic E-state index is 12.2. The second-order valence-electron chi connectivity index (χ2n) is 13.7. The van der Waals surface area contributed by atoms with Crippen LogP contribution in [0, 0.1) is 0 Å². The van der Waals surface area contributed by atoms with Gasteiger partial charge in [0, 0.05) is 6.42 Å². The molecule has 0 heterocycles. The van der Waals surface area contributed by atoms with Gasteiger partial charge in [0.2, 0.25) is 5.91 Å². The van der Waals surface area contributed by atoms with Gasteiger partial charge in [-0.15, -0.1) is 0 Å². The van der Waals surface area contributed by atoms with Crippen molar-refractivity contribution in [2.75, 3.05) is 6.61 Å². The van der Waals surface area contributed by atoms with E-state index in [1.165, 1.54) is 173 Å². The number of carbonyl (C=O) groups is 1. The number of aliphatic hydroxyl groups is 2. The van der Waals surface area contributed by atoms with Crippen molar-refractivity contribution in [2.24, 2.45) is 0 Å². The number of nitrogens with one attached hydrogen (secondary N) is 1. The average Bonchev–Trinajstić information content (AvgIpc) is 3.01. The summed E-state index contributed by atoms with van der Waals surface area (Å²) < 4.78 is 0. The second kappa shape index (κ2) is 35.9. The minimum absolute atomic E-state index is 0.0359. The van der Waals surface area contributed by atoms with Gasteiger partial charge in [-0.05, 0) is 12.8 Å². The van der Waals surface area contributed by atoms with Gasteiger partial charge >= 0.3 is 0 Å². The molecule has 0 saturated carbocycles. The third kappa shape index (κ3) is 32.6. The molecule has 1 amide bonds. The number of rotatable bonds is 36. The number of carbonyl (C=O) groups excluding carboxylic acids is 1. The lowest BCUT2D eigenvalue weighted by molar-refractivity contribution is -0.123. The van der Waals surface area contributed by atoms with Crippen LogP contribution in [0.2, 0.25) is 0 Å². The van der Waals surface area contributed by atoms with Crippen molar-refractivity contribution in [1.29, 1.82) is 0 Å². The minimum Gasteiger partial charge on any atom is -0.394 e. The fourth-order valence-electron chi connectivity index (χ4n) is 6.30. The van der Waals surface area contributed by atoms with Crippen LogP contribution in [0.4, 0.5) is 0 Å². The molecule has 0 aromatic heterocycles. The second-order valence-corrected chi connectivity index (χ2v) is 13.7. The normalized spacial score (nSPS) is 12.9. The van der Waals surface area contributed by atoms with Gasteiger partial charge < -0.3 is 15.5 Å². The third-order valence-corrected chi connectivity index (χ3v) is 9.37. The smallest absolute Gasteiger partial charge is 0.220 e. The summed E-state index contributed by atoms with van der Waals surface area (Å²) >= 11 is 0. The highest BCUT2D eigenvalue weighted by Gasteiger charge is 2.19. The number of aliphatic hydroxyl groups excluding tert-OH is 2.